The first-order valence-corrected chi connectivity index (χ1v) is 9.70. The lowest BCUT2D eigenvalue weighted by Crippen LogP contribution is -2.52. The van der Waals surface area contributed by atoms with Crippen molar-refractivity contribution in [2.75, 3.05) is 44.7 Å². The molecule has 0 atom stereocenters. The standard InChI is InChI=1S/C21H28N6O/c1-3-23-20(28)18-8-6-7-17(15-18)16-25-21(22-2)27-13-11-26(12-14-27)19-9-4-5-10-24-19/h4-10,15H,3,11-14,16H2,1-2H3,(H,22,25)(H,23,28). The molecule has 28 heavy (non-hydrogen) atoms. The number of nitrogens with zero attached hydrogens (tertiary/aromatic N) is 4. The fraction of sp³-hybridized carbons (Fsp3) is 0.381. The third-order valence-electron chi connectivity index (χ3n) is 4.74. The third kappa shape index (κ3) is 5.00. The summed E-state index contributed by atoms with van der Waals surface area (Å²) in [7, 11) is 1.80. The fourth-order valence-electron chi connectivity index (χ4n) is 3.29. The van der Waals surface area contributed by atoms with Gasteiger partial charge in [0.05, 0.1) is 0 Å². The maximum absolute atomic E-state index is 12.0. The Labute approximate surface area is 166 Å². The molecule has 7 nitrogen and oxygen atoms in total. The molecule has 2 heterocycles. The average molecular weight is 380 g/mol. The van der Waals surface area contributed by atoms with Gasteiger partial charge in [-0.1, -0.05) is 18.2 Å². The lowest BCUT2D eigenvalue weighted by atomic mass is 10.1. The Bertz CT molecular complexity index is 800. The van der Waals surface area contributed by atoms with Crippen molar-refractivity contribution in [1.82, 2.24) is 20.5 Å². The molecule has 3 rings (SSSR count). The highest BCUT2D eigenvalue weighted by Crippen LogP contribution is 2.13. The first kappa shape index (κ1) is 19.7. The molecule has 0 bridgehead atoms. The number of aromatic nitrogens is 1. The van der Waals surface area contributed by atoms with E-state index in [1.54, 1.807) is 7.05 Å². The Balaban J connectivity index is 1.54. The number of piperazine rings is 1. The van der Waals surface area contributed by atoms with Crippen molar-refractivity contribution in [3.8, 4) is 0 Å². The van der Waals surface area contributed by atoms with Gasteiger partial charge in [-0.05, 0) is 36.8 Å². The zero-order valence-electron chi connectivity index (χ0n) is 16.6. The van der Waals surface area contributed by atoms with Crippen molar-refractivity contribution in [3.05, 3.63) is 59.8 Å². The highest BCUT2D eigenvalue weighted by atomic mass is 16.1. The maximum atomic E-state index is 12.0. The van der Waals surface area contributed by atoms with Gasteiger partial charge in [-0.3, -0.25) is 9.79 Å². The summed E-state index contributed by atoms with van der Waals surface area (Å²) in [4.78, 5) is 25.4. The number of rotatable bonds is 5. The number of pyridine rings is 1. The molecule has 0 saturated carbocycles. The Morgan fingerprint density at radius 3 is 2.61 bits per heavy atom. The minimum absolute atomic E-state index is 0.0422. The molecule has 1 fully saturated rings. The summed E-state index contributed by atoms with van der Waals surface area (Å²) in [5, 5.41) is 6.25. The monoisotopic (exact) mass is 380 g/mol. The van der Waals surface area contributed by atoms with Gasteiger partial charge in [-0.15, -0.1) is 0 Å². The molecule has 2 aromatic rings. The van der Waals surface area contributed by atoms with Crippen molar-refractivity contribution < 1.29 is 4.79 Å². The van der Waals surface area contributed by atoms with Crippen LogP contribution in [0, 0.1) is 0 Å². The molecule has 2 N–H and O–H groups in total. The Morgan fingerprint density at radius 2 is 1.93 bits per heavy atom. The molecule has 0 radical (unpaired) electrons. The Hall–Kier alpha value is -3.09. The second-order valence-corrected chi connectivity index (χ2v) is 6.62. The van der Waals surface area contributed by atoms with E-state index in [9.17, 15) is 4.79 Å². The summed E-state index contributed by atoms with van der Waals surface area (Å²) in [6.07, 6.45) is 1.83. The van der Waals surface area contributed by atoms with Crippen molar-refractivity contribution in [2.45, 2.75) is 13.5 Å². The van der Waals surface area contributed by atoms with Gasteiger partial charge in [0, 0.05) is 58.1 Å². The molecule has 0 aliphatic carbocycles. The van der Waals surface area contributed by atoms with Gasteiger partial charge in [0.15, 0.2) is 5.96 Å². The molecule has 7 heteroatoms. The predicted octanol–water partition coefficient (Wildman–Crippen LogP) is 1.73. The fourth-order valence-corrected chi connectivity index (χ4v) is 3.29. The van der Waals surface area contributed by atoms with Gasteiger partial charge < -0.3 is 20.4 Å². The van der Waals surface area contributed by atoms with Crippen LogP contribution >= 0.6 is 0 Å². The van der Waals surface area contributed by atoms with E-state index < -0.39 is 0 Å². The van der Waals surface area contributed by atoms with Crippen molar-refractivity contribution in [2.24, 2.45) is 4.99 Å². The zero-order chi connectivity index (χ0) is 19.8. The lowest BCUT2D eigenvalue weighted by Gasteiger charge is -2.37. The van der Waals surface area contributed by atoms with Gasteiger partial charge in [-0.25, -0.2) is 4.98 Å². The Kier molecular flexibility index (Phi) is 6.84. The smallest absolute Gasteiger partial charge is 0.251 e. The predicted molar refractivity (Wildman–Crippen MR) is 113 cm³/mol. The van der Waals surface area contributed by atoms with Crippen LogP contribution in [0.15, 0.2) is 53.7 Å². The summed E-state index contributed by atoms with van der Waals surface area (Å²) >= 11 is 0. The summed E-state index contributed by atoms with van der Waals surface area (Å²) in [6.45, 7) is 6.75. The van der Waals surface area contributed by atoms with E-state index >= 15 is 0 Å². The lowest BCUT2D eigenvalue weighted by molar-refractivity contribution is 0.0955. The second kappa shape index (κ2) is 9.73. The molecular formula is C21H28N6O. The molecule has 1 saturated heterocycles. The topological polar surface area (TPSA) is 72.9 Å². The molecule has 148 valence electrons. The van der Waals surface area contributed by atoms with E-state index in [4.69, 9.17) is 0 Å². The van der Waals surface area contributed by atoms with Crippen LogP contribution in [0.2, 0.25) is 0 Å². The van der Waals surface area contributed by atoms with E-state index in [0.29, 0.717) is 18.7 Å². The highest BCUT2D eigenvalue weighted by molar-refractivity contribution is 5.94. The second-order valence-electron chi connectivity index (χ2n) is 6.62. The van der Waals surface area contributed by atoms with Gasteiger partial charge in [-0.2, -0.15) is 0 Å². The molecule has 1 aliphatic heterocycles. The summed E-state index contributed by atoms with van der Waals surface area (Å²) < 4.78 is 0. The van der Waals surface area contributed by atoms with Crippen molar-refractivity contribution >= 4 is 17.7 Å². The van der Waals surface area contributed by atoms with Crippen LogP contribution in [-0.2, 0) is 6.54 Å². The summed E-state index contributed by atoms with van der Waals surface area (Å²) in [5.41, 5.74) is 1.73. The minimum atomic E-state index is -0.0422. The number of guanidine groups is 1. The first-order chi connectivity index (χ1) is 13.7. The van der Waals surface area contributed by atoms with Gasteiger partial charge in [0.25, 0.3) is 5.91 Å². The molecule has 1 aliphatic rings. The molecule has 0 spiro atoms. The average Bonchev–Trinajstić information content (AvgIpc) is 2.76. The van der Waals surface area contributed by atoms with Crippen LogP contribution in [0.1, 0.15) is 22.8 Å². The van der Waals surface area contributed by atoms with Crippen LogP contribution in [0.4, 0.5) is 5.82 Å². The van der Waals surface area contributed by atoms with E-state index in [1.165, 1.54) is 0 Å². The molecular weight excluding hydrogens is 352 g/mol. The van der Waals surface area contributed by atoms with Crippen LogP contribution in [-0.4, -0.2) is 61.5 Å². The van der Waals surface area contributed by atoms with Crippen LogP contribution in [0.5, 0.6) is 0 Å². The first-order valence-electron chi connectivity index (χ1n) is 9.70. The summed E-state index contributed by atoms with van der Waals surface area (Å²) in [6, 6.07) is 13.7. The van der Waals surface area contributed by atoms with E-state index in [0.717, 1.165) is 43.5 Å². The number of anilines is 1. The van der Waals surface area contributed by atoms with E-state index in [-0.39, 0.29) is 5.91 Å². The molecule has 1 amide bonds. The SMILES string of the molecule is CCNC(=O)c1cccc(CNC(=NC)N2CCN(c3ccccn3)CC2)c1. The van der Waals surface area contributed by atoms with Gasteiger partial charge in [0.2, 0.25) is 0 Å². The largest absolute Gasteiger partial charge is 0.353 e. The number of benzene rings is 1. The summed E-state index contributed by atoms with van der Waals surface area (Å²) in [5.74, 6) is 1.86. The number of carbonyl (C=O) groups excluding carboxylic acids is 1. The highest BCUT2D eigenvalue weighted by Gasteiger charge is 2.20. The normalized spacial score (nSPS) is 14.7. The van der Waals surface area contributed by atoms with Crippen LogP contribution in [0.25, 0.3) is 0 Å². The van der Waals surface area contributed by atoms with E-state index in [2.05, 4.69) is 30.4 Å². The molecule has 1 aromatic heterocycles. The van der Waals surface area contributed by atoms with Crippen LogP contribution < -0.4 is 15.5 Å². The maximum Gasteiger partial charge on any atom is 0.251 e. The van der Waals surface area contributed by atoms with Crippen molar-refractivity contribution in [3.63, 3.8) is 0 Å². The number of hydrogen-bond donors (Lipinski definition) is 2. The number of aliphatic imine (C=N–C) groups is 1. The minimum Gasteiger partial charge on any atom is -0.353 e. The van der Waals surface area contributed by atoms with E-state index in [1.807, 2.05) is 55.6 Å². The van der Waals surface area contributed by atoms with Gasteiger partial charge >= 0.3 is 0 Å². The molecule has 0 unspecified atom stereocenters. The number of amides is 1. The quantitative estimate of drug-likeness (QED) is 0.611. The van der Waals surface area contributed by atoms with Crippen molar-refractivity contribution in [1.29, 1.82) is 0 Å². The number of carbonyl (C=O) groups is 1. The third-order valence-corrected chi connectivity index (χ3v) is 4.74. The number of hydrogen-bond acceptors (Lipinski definition) is 4. The van der Waals surface area contributed by atoms with Crippen LogP contribution in [0.3, 0.4) is 0 Å². The Morgan fingerprint density at radius 1 is 1.11 bits per heavy atom. The number of nitrogens with one attached hydrogen (secondary N) is 2. The zero-order valence-corrected chi connectivity index (χ0v) is 16.6. The molecule has 1 aromatic carbocycles. The van der Waals surface area contributed by atoms with Gasteiger partial charge in [0.1, 0.15) is 5.82 Å².